The maximum Gasteiger partial charge on any atom is 0.200 e. The van der Waals surface area contributed by atoms with Crippen molar-refractivity contribution in [1.29, 1.82) is 0 Å². The Kier molecular flexibility index (Phi) is 3.05. The summed E-state index contributed by atoms with van der Waals surface area (Å²) in [6.45, 7) is 0. The summed E-state index contributed by atoms with van der Waals surface area (Å²) in [6, 6.07) is -1.06. The molecule has 0 bridgehead atoms. The van der Waals surface area contributed by atoms with Crippen LogP contribution in [0.1, 0.15) is 24.4 Å². The number of nitrogens with one attached hydrogen (secondary N) is 1. The van der Waals surface area contributed by atoms with E-state index in [2.05, 4.69) is 5.43 Å². The third kappa shape index (κ3) is 1.89. The summed E-state index contributed by atoms with van der Waals surface area (Å²) in [7, 11) is 0. The van der Waals surface area contributed by atoms with Gasteiger partial charge in [-0.2, -0.15) is 0 Å². The Morgan fingerprint density at radius 3 is 1.65 bits per heavy atom. The molecule has 1 aromatic carbocycles. The second-order valence-corrected chi connectivity index (χ2v) is 3.97. The Morgan fingerprint density at radius 2 is 1.29 bits per heavy atom. The van der Waals surface area contributed by atoms with Crippen molar-refractivity contribution in [3.05, 3.63) is 34.6 Å². The van der Waals surface area contributed by atoms with Gasteiger partial charge in [-0.1, -0.05) is 0 Å². The summed E-state index contributed by atoms with van der Waals surface area (Å²) in [5.74, 6) is -4.79. The number of nitrogens with two attached hydrogens (primary N) is 1. The Hall–Kier alpha value is -1.21. The molecule has 3 N–H and O–H groups in total. The molecular weight excluding hydrogens is 243 g/mol. The van der Waals surface area contributed by atoms with Gasteiger partial charge in [-0.05, 0) is 18.8 Å². The van der Waals surface area contributed by atoms with E-state index in [1.54, 1.807) is 0 Å². The first-order valence-electron chi connectivity index (χ1n) is 4.96. The van der Waals surface area contributed by atoms with Crippen LogP contribution < -0.4 is 11.3 Å². The molecule has 1 saturated carbocycles. The quantitative estimate of drug-likeness (QED) is 0.285. The summed E-state index contributed by atoms with van der Waals surface area (Å²) in [5, 5.41) is 0. The number of benzene rings is 1. The zero-order chi connectivity index (χ0) is 12.7. The molecule has 2 nitrogen and oxygen atoms in total. The molecule has 1 aliphatic rings. The highest BCUT2D eigenvalue weighted by atomic mass is 19.2. The number of halogens is 5. The molecule has 1 unspecified atom stereocenters. The summed E-state index contributed by atoms with van der Waals surface area (Å²) in [4.78, 5) is 0. The van der Waals surface area contributed by atoms with Crippen molar-refractivity contribution in [2.24, 2.45) is 11.8 Å². The van der Waals surface area contributed by atoms with E-state index in [0.29, 0.717) is 12.8 Å². The molecule has 2 rings (SSSR count). The summed E-state index contributed by atoms with van der Waals surface area (Å²) in [5.41, 5.74) is 1.22. The highest BCUT2D eigenvalue weighted by Crippen LogP contribution is 2.43. The Bertz CT molecular complexity index is 429. The number of hydrazine groups is 1. The monoisotopic (exact) mass is 252 g/mol. The highest BCUT2D eigenvalue weighted by molar-refractivity contribution is 5.28. The minimum Gasteiger partial charge on any atom is -0.271 e. The Labute approximate surface area is 93.6 Å². The van der Waals surface area contributed by atoms with Crippen LogP contribution in [0.15, 0.2) is 0 Å². The lowest BCUT2D eigenvalue weighted by Gasteiger charge is -2.17. The van der Waals surface area contributed by atoms with Gasteiger partial charge in [0, 0.05) is 5.56 Å². The van der Waals surface area contributed by atoms with Gasteiger partial charge in [0.1, 0.15) is 0 Å². The average Bonchev–Trinajstić information content (AvgIpc) is 3.13. The fraction of sp³-hybridized carbons (Fsp3) is 0.400. The molecule has 0 aromatic heterocycles. The summed E-state index contributed by atoms with van der Waals surface area (Å²) in [6.07, 6.45) is 1.27. The standard InChI is InChI=1S/C10H9F5N2/c11-5-4(10(17-16)3-1-2-3)6(12)8(14)9(15)7(5)13/h3,10,17H,1-2,16H2. The minimum absolute atomic E-state index is 0.201. The second-order valence-electron chi connectivity index (χ2n) is 3.97. The number of hydrogen-bond donors (Lipinski definition) is 2. The molecule has 1 atom stereocenters. The van der Waals surface area contributed by atoms with E-state index < -0.39 is 40.7 Å². The van der Waals surface area contributed by atoms with Crippen LogP contribution in [0, 0.1) is 35.0 Å². The van der Waals surface area contributed by atoms with E-state index in [1.165, 1.54) is 0 Å². The van der Waals surface area contributed by atoms with Gasteiger partial charge in [0.2, 0.25) is 5.82 Å². The van der Waals surface area contributed by atoms with Crippen molar-refractivity contribution in [3.63, 3.8) is 0 Å². The van der Waals surface area contributed by atoms with Crippen LogP contribution >= 0.6 is 0 Å². The molecule has 0 saturated heterocycles. The summed E-state index contributed by atoms with van der Waals surface area (Å²) >= 11 is 0. The molecule has 0 heterocycles. The van der Waals surface area contributed by atoms with Crippen molar-refractivity contribution < 1.29 is 22.0 Å². The van der Waals surface area contributed by atoms with Gasteiger partial charge in [-0.25, -0.2) is 22.0 Å². The van der Waals surface area contributed by atoms with Gasteiger partial charge in [-0.15, -0.1) is 0 Å². The maximum absolute atomic E-state index is 13.4. The van der Waals surface area contributed by atoms with Gasteiger partial charge in [0.25, 0.3) is 0 Å². The second kappa shape index (κ2) is 4.23. The van der Waals surface area contributed by atoms with Gasteiger partial charge >= 0.3 is 0 Å². The molecule has 1 aromatic rings. The van der Waals surface area contributed by atoms with Gasteiger partial charge < -0.3 is 0 Å². The first kappa shape index (κ1) is 12.3. The molecule has 94 valence electrons. The lowest BCUT2D eigenvalue weighted by atomic mass is 10.0. The van der Waals surface area contributed by atoms with Crippen molar-refractivity contribution >= 4 is 0 Å². The first-order valence-corrected chi connectivity index (χ1v) is 4.96. The molecule has 7 heteroatoms. The van der Waals surface area contributed by atoms with Crippen LogP contribution in [0.4, 0.5) is 22.0 Å². The lowest BCUT2D eigenvalue weighted by Crippen LogP contribution is -2.31. The Balaban J connectivity index is 2.59. The third-order valence-electron chi connectivity index (χ3n) is 2.83. The maximum atomic E-state index is 13.4. The van der Waals surface area contributed by atoms with Crippen molar-refractivity contribution in [2.45, 2.75) is 18.9 Å². The highest BCUT2D eigenvalue weighted by Gasteiger charge is 2.38. The van der Waals surface area contributed by atoms with Gasteiger partial charge in [0.15, 0.2) is 23.3 Å². The lowest BCUT2D eigenvalue weighted by molar-refractivity contribution is 0.349. The molecule has 0 amide bonds. The van der Waals surface area contributed by atoms with Crippen LogP contribution in [-0.4, -0.2) is 0 Å². The van der Waals surface area contributed by atoms with Crippen molar-refractivity contribution in [1.82, 2.24) is 5.43 Å². The average molecular weight is 252 g/mol. The van der Waals surface area contributed by atoms with E-state index >= 15 is 0 Å². The van der Waals surface area contributed by atoms with Crippen LogP contribution in [-0.2, 0) is 0 Å². The Morgan fingerprint density at radius 1 is 0.882 bits per heavy atom. The summed E-state index contributed by atoms with van der Waals surface area (Å²) < 4.78 is 65.5. The van der Waals surface area contributed by atoms with E-state index in [0.717, 1.165) is 0 Å². The van der Waals surface area contributed by atoms with Crippen molar-refractivity contribution in [3.8, 4) is 0 Å². The third-order valence-corrected chi connectivity index (χ3v) is 2.83. The molecule has 1 aliphatic carbocycles. The predicted octanol–water partition coefficient (Wildman–Crippen LogP) is 2.30. The topological polar surface area (TPSA) is 38.0 Å². The van der Waals surface area contributed by atoms with Gasteiger partial charge in [-0.3, -0.25) is 11.3 Å². The predicted molar refractivity (Wildman–Crippen MR) is 49.0 cm³/mol. The SMILES string of the molecule is NNC(c1c(F)c(F)c(F)c(F)c1F)C1CC1. The molecular formula is C10H9F5N2. The molecule has 17 heavy (non-hydrogen) atoms. The number of hydrogen-bond acceptors (Lipinski definition) is 2. The van der Waals surface area contributed by atoms with Crippen LogP contribution in [0.25, 0.3) is 0 Å². The first-order chi connectivity index (χ1) is 7.99. The van der Waals surface area contributed by atoms with E-state index in [4.69, 9.17) is 5.84 Å². The normalized spacial score (nSPS) is 17.3. The fourth-order valence-electron chi connectivity index (χ4n) is 1.78. The molecule has 0 radical (unpaired) electrons. The smallest absolute Gasteiger partial charge is 0.200 e. The zero-order valence-corrected chi connectivity index (χ0v) is 8.54. The number of rotatable bonds is 3. The van der Waals surface area contributed by atoms with Crippen LogP contribution in [0.5, 0.6) is 0 Å². The molecule has 1 fully saturated rings. The van der Waals surface area contributed by atoms with E-state index in [-0.39, 0.29) is 5.92 Å². The van der Waals surface area contributed by atoms with Crippen LogP contribution in [0.2, 0.25) is 0 Å². The van der Waals surface area contributed by atoms with E-state index in [1.807, 2.05) is 0 Å². The van der Waals surface area contributed by atoms with Crippen LogP contribution in [0.3, 0.4) is 0 Å². The molecule has 0 spiro atoms. The molecule has 0 aliphatic heterocycles. The van der Waals surface area contributed by atoms with Crippen molar-refractivity contribution in [2.75, 3.05) is 0 Å². The van der Waals surface area contributed by atoms with E-state index in [9.17, 15) is 22.0 Å². The zero-order valence-electron chi connectivity index (χ0n) is 8.54. The largest absolute Gasteiger partial charge is 0.271 e. The fourth-order valence-corrected chi connectivity index (χ4v) is 1.78. The minimum atomic E-state index is -2.16. The van der Waals surface area contributed by atoms with Gasteiger partial charge in [0.05, 0.1) is 6.04 Å².